The molecule has 5 nitrogen and oxygen atoms in total. The second-order valence-corrected chi connectivity index (χ2v) is 8.72. The van der Waals surface area contributed by atoms with Crippen molar-refractivity contribution < 1.29 is 9.15 Å². The molecule has 1 aliphatic heterocycles. The summed E-state index contributed by atoms with van der Waals surface area (Å²) in [6.07, 6.45) is 1.77. The summed E-state index contributed by atoms with van der Waals surface area (Å²) in [5.74, 6) is 2.06. The maximum Gasteiger partial charge on any atom is 0.174 e. The largest absolute Gasteiger partial charge is 0.495 e. The van der Waals surface area contributed by atoms with Gasteiger partial charge in [-0.3, -0.25) is 4.98 Å². The molecule has 0 unspecified atom stereocenters. The van der Waals surface area contributed by atoms with Gasteiger partial charge in [0.25, 0.3) is 0 Å². The number of benzene rings is 2. The van der Waals surface area contributed by atoms with Gasteiger partial charge in [0.05, 0.1) is 29.6 Å². The lowest BCUT2D eigenvalue weighted by Gasteiger charge is -2.27. The molecule has 2 aromatic carbocycles. The zero-order valence-electron chi connectivity index (χ0n) is 17.5. The normalized spacial score (nSPS) is 17.8. The first-order valence-corrected chi connectivity index (χ1v) is 11.4. The molecule has 2 aromatic heterocycles. The quantitative estimate of drug-likeness (QED) is 0.306. The standard InChI is InChI=1S/C25H19Cl2N3O2S/c1-31-21-8-3-2-7-19(21)30-24(23(29-25(30)33)18-6-4-5-13-28-18)22-12-11-20(32-22)16-10-9-15(26)14-17(16)27/h2-14,23-24H,1H3,(H,29,33)/t23-,24-/m1/s1. The van der Waals surface area contributed by atoms with Gasteiger partial charge in [-0.05, 0) is 66.8 Å². The summed E-state index contributed by atoms with van der Waals surface area (Å²) in [4.78, 5) is 6.59. The highest BCUT2D eigenvalue weighted by Gasteiger charge is 2.43. The second-order valence-electron chi connectivity index (χ2n) is 7.49. The predicted molar refractivity (Wildman–Crippen MR) is 135 cm³/mol. The van der Waals surface area contributed by atoms with Gasteiger partial charge < -0.3 is 19.4 Å². The number of thiocarbonyl (C=S) groups is 1. The summed E-state index contributed by atoms with van der Waals surface area (Å²) in [7, 11) is 1.64. The van der Waals surface area contributed by atoms with Gasteiger partial charge in [0, 0.05) is 16.8 Å². The van der Waals surface area contributed by atoms with E-state index in [0.29, 0.717) is 32.4 Å². The highest BCUT2D eigenvalue weighted by atomic mass is 35.5. The Balaban J connectivity index is 1.63. The number of pyridine rings is 1. The molecular formula is C25H19Cl2N3O2S. The molecule has 0 amide bonds. The molecule has 0 radical (unpaired) electrons. The minimum absolute atomic E-state index is 0.233. The number of ether oxygens (including phenoxy) is 1. The number of hydrogen-bond donors (Lipinski definition) is 1. The molecule has 0 aliphatic carbocycles. The third-order valence-corrected chi connectivity index (χ3v) is 6.42. The van der Waals surface area contributed by atoms with Crippen molar-refractivity contribution in [3.05, 3.63) is 100 Å². The number of halogens is 2. The van der Waals surface area contributed by atoms with Crippen molar-refractivity contribution in [2.24, 2.45) is 0 Å². The average molecular weight is 496 g/mol. The molecule has 3 heterocycles. The second kappa shape index (κ2) is 9.06. The molecule has 33 heavy (non-hydrogen) atoms. The van der Waals surface area contributed by atoms with E-state index in [0.717, 1.165) is 16.9 Å². The highest BCUT2D eigenvalue weighted by molar-refractivity contribution is 7.80. The molecule has 2 atom stereocenters. The molecule has 8 heteroatoms. The van der Waals surface area contributed by atoms with Crippen molar-refractivity contribution >= 4 is 46.2 Å². The van der Waals surface area contributed by atoms with E-state index in [1.54, 1.807) is 25.4 Å². The summed E-state index contributed by atoms with van der Waals surface area (Å²) in [6.45, 7) is 0. The Morgan fingerprint density at radius 3 is 2.61 bits per heavy atom. The number of rotatable bonds is 5. The van der Waals surface area contributed by atoms with E-state index in [2.05, 4.69) is 10.3 Å². The van der Waals surface area contributed by atoms with Crippen LogP contribution < -0.4 is 15.0 Å². The zero-order valence-corrected chi connectivity index (χ0v) is 19.9. The van der Waals surface area contributed by atoms with Gasteiger partial charge in [-0.25, -0.2) is 0 Å². The Morgan fingerprint density at radius 1 is 1.03 bits per heavy atom. The van der Waals surface area contributed by atoms with E-state index in [-0.39, 0.29) is 12.1 Å². The summed E-state index contributed by atoms with van der Waals surface area (Å²) in [6, 6.07) is 22.2. The van der Waals surface area contributed by atoms with Crippen LogP contribution in [0.25, 0.3) is 11.3 Å². The minimum atomic E-state index is -0.302. The fraction of sp³-hybridized carbons (Fsp3) is 0.120. The van der Waals surface area contributed by atoms with Gasteiger partial charge in [-0.2, -0.15) is 0 Å². The summed E-state index contributed by atoms with van der Waals surface area (Å²) < 4.78 is 12.0. The van der Waals surface area contributed by atoms with Gasteiger partial charge in [-0.15, -0.1) is 0 Å². The van der Waals surface area contributed by atoms with Gasteiger partial charge in [0.2, 0.25) is 0 Å². The maximum absolute atomic E-state index is 6.43. The topological polar surface area (TPSA) is 50.5 Å². The molecule has 1 fully saturated rings. The Morgan fingerprint density at radius 2 is 1.85 bits per heavy atom. The average Bonchev–Trinajstić information content (AvgIpc) is 3.44. The first kappa shape index (κ1) is 21.8. The van der Waals surface area contributed by atoms with E-state index in [4.69, 9.17) is 44.6 Å². The zero-order chi connectivity index (χ0) is 22.9. The number of furan rings is 1. The maximum atomic E-state index is 6.43. The lowest BCUT2D eigenvalue weighted by Crippen LogP contribution is -2.29. The van der Waals surface area contributed by atoms with Crippen molar-refractivity contribution in [2.75, 3.05) is 12.0 Å². The van der Waals surface area contributed by atoms with Gasteiger partial charge in [0.15, 0.2) is 5.11 Å². The first-order chi connectivity index (χ1) is 16.1. The van der Waals surface area contributed by atoms with Crippen LogP contribution in [0.1, 0.15) is 23.5 Å². The number of aromatic nitrogens is 1. The van der Waals surface area contributed by atoms with Crippen LogP contribution in [0.3, 0.4) is 0 Å². The van der Waals surface area contributed by atoms with Gasteiger partial charge in [-0.1, -0.05) is 41.4 Å². The number of nitrogens with zero attached hydrogens (tertiary/aromatic N) is 2. The molecule has 1 aliphatic rings. The van der Waals surface area contributed by atoms with Crippen LogP contribution >= 0.6 is 35.4 Å². The summed E-state index contributed by atoms with van der Waals surface area (Å²) in [5.41, 5.74) is 2.45. The molecule has 166 valence electrons. The monoisotopic (exact) mass is 495 g/mol. The van der Waals surface area contributed by atoms with Crippen molar-refractivity contribution in [3.63, 3.8) is 0 Å². The predicted octanol–water partition coefficient (Wildman–Crippen LogP) is 6.83. The Kier molecular flexibility index (Phi) is 5.98. The summed E-state index contributed by atoms with van der Waals surface area (Å²) in [5, 5.41) is 5.07. The molecule has 4 aromatic rings. The minimum Gasteiger partial charge on any atom is -0.495 e. The fourth-order valence-electron chi connectivity index (χ4n) is 4.08. The number of methoxy groups -OCH3 is 1. The van der Waals surface area contributed by atoms with Crippen LogP contribution in [-0.2, 0) is 0 Å². The molecule has 0 spiro atoms. The fourth-order valence-corrected chi connectivity index (χ4v) is 4.92. The van der Waals surface area contributed by atoms with E-state index < -0.39 is 0 Å². The van der Waals surface area contributed by atoms with Crippen molar-refractivity contribution in [2.45, 2.75) is 12.1 Å². The molecule has 5 rings (SSSR count). The Bertz CT molecular complexity index is 1310. The van der Waals surface area contributed by atoms with Crippen LogP contribution in [0, 0.1) is 0 Å². The van der Waals surface area contributed by atoms with Crippen molar-refractivity contribution in [1.29, 1.82) is 0 Å². The van der Waals surface area contributed by atoms with E-state index in [1.807, 2.05) is 65.6 Å². The van der Waals surface area contributed by atoms with Crippen molar-refractivity contribution in [1.82, 2.24) is 10.3 Å². The number of nitrogens with one attached hydrogen (secondary N) is 1. The number of anilines is 1. The Hall–Kier alpha value is -3.06. The number of hydrogen-bond acceptors (Lipinski definition) is 4. The lowest BCUT2D eigenvalue weighted by atomic mass is 10.0. The Labute approximate surface area is 206 Å². The van der Waals surface area contributed by atoms with E-state index in [9.17, 15) is 0 Å². The number of para-hydroxylation sites is 2. The SMILES string of the molecule is COc1ccccc1N1C(=S)N[C@H](c2ccccn2)[C@H]1c1ccc(-c2ccc(Cl)cc2Cl)o1. The van der Waals surface area contributed by atoms with Crippen LogP contribution in [0.4, 0.5) is 5.69 Å². The lowest BCUT2D eigenvalue weighted by molar-refractivity contribution is 0.409. The highest BCUT2D eigenvalue weighted by Crippen LogP contribution is 2.45. The van der Waals surface area contributed by atoms with Crippen LogP contribution in [0.5, 0.6) is 5.75 Å². The molecule has 1 N–H and O–H groups in total. The molecule has 0 bridgehead atoms. The van der Waals surface area contributed by atoms with Crippen LogP contribution in [0.2, 0.25) is 10.0 Å². The third-order valence-electron chi connectivity index (χ3n) is 5.56. The van der Waals surface area contributed by atoms with Gasteiger partial charge >= 0.3 is 0 Å². The molecular weight excluding hydrogens is 477 g/mol. The third kappa shape index (κ3) is 4.06. The smallest absolute Gasteiger partial charge is 0.174 e. The van der Waals surface area contributed by atoms with Crippen LogP contribution in [-0.4, -0.2) is 17.2 Å². The van der Waals surface area contributed by atoms with E-state index >= 15 is 0 Å². The van der Waals surface area contributed by atoms with Gasteiger partial charge in [0.1, 0.15) is 23.3 Å². The molecule has 0 saturated carbocycles. The molecule has 1 saturated heterocycles. The van der Waals surface area contributed by atoms with Crippen LogP contribution in [0.15, 0.2) is 83.4 Å². The summed E-state index contributed by atoms with van der Waals surface area (Å²) >= 11 is 18.3. The van der Waals surface area contributed by atoms with E-state index in [1.165, 1.54) is 0 Å². The first-order valence-electron chi connectivity index (χ1n) is 10.3. The van der Waals surface area contributed by atoms with Crippen molar-refractivity contribution in [3.8, 4) is 17.1 Å².